The Balaban J connectivity index is 0.00000312. The molecule has 0 atom stereocenters. The van der Waals surface area contributed by atoms with Gasteiger partial charge in [0, 0.05) is 38.8 Å². The van der Waals surface area contributed by atoms with E-state index in [4.69, 9.17) is 0 Å². The average molecular weight is 482 g/mol. The Kier molecular flexibility index (Phi) is 7.18. The number of nitro groups is 1. The smallest absolute Gasteiger partial charge is 0.269 e. The van der Waals surface area contributed by atoms with Gasteiger partial charge in [0.1, 0.15) is 0 Å². The summed E-state index contributed by atoms with van der Waals surface area (Å²) >= 11 is 0. The molecule has 10 heteroatoms. The minimum atomic E-state index is -3.12. The summed E-state index contributed by atoms with van der Waals surface area (Å²) in [6.45, 7) is 4.52. The molecule has 1 aliphatic rings. The van der Waals surface area contributed by atoms with Crippen LogP contribution in [0, 0.1) is 10.1 Å². The number of benzene rings is 1. The standard InChI is InChI=1S/C15H22N4O4S.HI/c1-15(2)11-18(7-8-24(15,22)23)14(16-3)17-10-12-5-4-6-13(9-12)19(20)21;/h4-6,9H,7-8,10-11H2,1-3H3,(H,16,17);1H. The van der Waals surface area contributed by atoms with Crippen molar-refractivity contribution in [2.45, 2.75) is 25.1 Å². The Morgan fingerprint density at radius 2 is 2.12 bits per heavy atom. The number of nitro benzene ring substituents is 1. The van der Waals surface area contributed by atoms with Gasteiger partial charge in [0.2, 0.25) is 0 Å². The topological polar surface area (TPSA) is 105 Å². The van der Waals surface area contributed by atoms with Crippen molar-refractivity contribution in [3.05, 3.63) is 39.9 Å². The van der Waals surface area contributed by atoms with Gasteiger partial charge in [-0.05, 0) is 19.4 Å². The van der Waals surface area contributed by atoms with Crippen LogP contribution in [0.5, 0.6) is 0 Å². The van der Waals surface area contributed by atoms with Crippen molar-refractivity contribution < 1.29 is 13.3 Å². The first-order valence-electron chi connectivity index (χ1n) is 7.57. The maximum atomic E-state index is 12.1. The van der Waals surface area contributed by atoms with E-state index in [0.717, 1.165) is 5.56 Å². The van der Waals surface area contributed by atoms with Crippen LogP contribution < -0.4 is 5.32 Å². The highest BCUT2D eigenvalue weighted by atomic mass is 127. The third kappa shape index (κ3) is 5.03. The molecule has 0 amide bonds. The van der Waals surface area contributed by atoms with E-state index in [1.165, 1.54) is 12.1 Å². The molecule has 0 spiro atoms. The summed E-state index contributed by atoms with van der Waals surface area (Å²) < 4.78 is 23.3. The fourth-order valence-corrected chi connectivity index (χ4v) is 3.98. The van der Waals surface area contributed by atoms with Gasteiger partial charge in [-0.25, -0.2) is 8.42 Å². The first kappa shape index (κ1) is 21.6. The molecule has 1 fully saturated rings. The van der Waals surface area contributed by atoms with Crippen molar-refractivity contribution in [3.63, 3.8) is 0 Å². The van der Waals surface area contributed by atoms with E-state index in [1.54, 1.807) is 33.0 Å². The number of hydrogen-bond donors (Lipinski definition) is 1. The Morgan fingerprint density at radius 1 is 1.44 bits per heavy atom. The minimum absolute atomic E-state index is 0. The number of rotatable bonds is 3. The molecular weight excluding hydrogens is 459 g/mol. The van der Waals surface area contributed by atoms with Gasteiger partial charge in [0.25, 0.3) is 5.69 Å². The van der Waals surface area contributed by atoms with Gasteiger partial charge in [0.15, 0.2) is 15.8 Å². The molecule has 0 aromatic heterocycles. The number of sulfone groups is 1. The highest BCUT2D eigenvalue weighted by Gasteiger charge is 2.40. The van der Waals surface area contributed by atoms with E-state index >= 15 is 0 Å². The zero-order valence-corrected chi connectivity index (χ0v) is 17.6. The van der Waals surface area contributed by atoms with Gasteiger partial charge >= 0.3 is 0 Å². The van der Waals surface area contributed by atoms with Crippen LogP contribution in [0.15, 0.2) is 29.3 Å². The number of guanidine groups is 1. The third-order valence-corrected chi connectivity index (χ3v) is 6.66. The van der Waals surface area contributed by atoms with Crippen molar-refractivity contribution in [1.29, 1.82) is 0 Å². The summed E-state index contributed by atoms with van der Waals surface area (Å²) in [4.78, 5) is 16.5. The van der Waals surface area contributed by atoms with Gasteiger partial charge in [-0.15, -0.1) is 24.0 Å². The lowest BCUT2D eigenvalue weighted by Crippen LogP contribution is -2.57. The molecule has 1 heterocycles. The van der Waals surface area contributed by atoms with Gasteiger partial charge < -0.3 is 10.2 Å². The van der Waals surface area contributed by atoms with Crippen LogP contribution in [0.1, 0.15) is 19.4 Å². The number of nitrogens with zero attached hydrogens (tertiary/aromatic N) is 3. The molecule has 1 aliphatic heterocycles. The summed E-state index contributed by atoms with van der Waals surface area (Å²) in [5.74, 6) is 0.668. The molecule has 1 N–H and O–H groups in total. The molecular formula is C15H23IN4O4S. The van der Waals surface area contributed by atoms with Crippen LogP contribution in [0.4, 0.5) is 5.69 Å². The summed E-state index contributed by atoms with van der Waals surface area (Å²) in [7, 11) is -1.49. The molecule has 1 aromatic carbocycles. The predicted molar refractivity (Wildman–Crippen MR) is 108 cm³/mol. The van der Waals surface area contributed by atoms with E-state index in [-0.39, 0.29) is 35.4 Å². The van der Waals surface area contributed by atoms with Crippen molar-refractivity contribution in [2.75, 3.05) is 25.9 Å². The maximum Gasteiger partial charge on any atom is 0.269 e. The highest BCUT2D eigenvalue weighted by molar-refractivity contribution is 14.0. The average Bonchev–Trinajstić information content (AvgIpc) is 2.51. The molecule has 0 saturated carbocycles. The Hall–Kier alpha value is -1.43. The van der Waals surface area contributed by atoms with E-state index in [1.807, 2.05) is 4.90 Å². The SMILES string of the molecule is CN=C(NCc1cccc([N+](=O)[O-])c1)N1CCS(=O)(=O)C(C)(C)C1.I. The monoisotopic (exact) mass is 482 g/mol. The fraction of sp³-hybridized carbons (Fsp3) is 0.533. The zero-order valence-electron chi connectivity index (χ0n) is 14.4. The predicted octanol–water partition coefficient (Wildman–Crippen LogP) is 1.80. The van der Waals surface area contributed by atoms with Crippen LogP contribution in [0.25, 0.3) is 0 Å². The number of halogens is 1. The number of non-ortho nitro benzene ring substituents is 1. The molecule has 0 aliphatic carbocycles. The third-order valence-electron chi connectivity index (χ3n) is 4.13. The van der Waals surface area contributed by atoms with Crippen molar-refractivity contribution >= 4 is 45.5 Å². The Labute approximate surface area is 164 Å². The van der Waals surface area contributed by atoms with Crippen LogP contribution in [-0.4, -0.2) is 54.8 Å². The molecule has 140 valence electrons. The van der Waals surface area contributed by atoms with Crippen molar-refractivity contribution in [2.24, 2.45) is 4.99 Å². The Morgan fingerprint density at radius 3 is 2.68 bits per heavy atom. The van der Waals surface area contributed by atoms with Gasteiger partial charge in [-0.3, -0.25) is 15.1 Å². The van der Waals surface area contributed by atoms with Gasteiger partial charge in [-0.2, -0.15) is 0 Å². The zero-order chi connectivity index (χ0) is 18.0. The van der Waals surface area contributed by atoms with E-state index < -0.39 is 19.5 Å². The molecule has 1 saturated heterocycles. The van der Waals surface area contributed by atoms with E-state index in [0.29, 0.717) is 25.6 Å². The van der Waals surface area contributed by atoms with Crippen molar-refractivity contribution in [3.8, 4) is 0 Å². The molecule has 2 rings (SSSR count). The first-order chi connectivity index (χ1) is 11.2. The molecule has 8 nitrogen and oxygen atoms in total. The second-order valence-corrected chi connectivity index (χ2v) is 9.07. The van der Waals surface area contributed by atoms with Crippen molar-refractivity contribution in [1.82, 2.24) is 10.2 Å². The lowest BCUT2D eigenvalue weighted by molar-refractivity contribution is -0.384. The number of aliphatic imine (C=N–C) groups is 1. The van der Waals surface area contributed by atoms with E-state index in [2.05, 4.69) is 10.3 Å². The van der Waals surface area contributed by atoms with Gasteiger partial charge in [-0.1, -0.05) is 12.1 Å². The van der Waals surface area contributed by atoms with Crippen LogP contribution in [0.2, 0.25) is 0 Å². The lowest BCUT2D eigenvalue weighted by Gasteiger charge is -2.39. The second-order valence-electron chi connectivity index (χ2n) is 6.33. The lowest BCUT2D eigenvalue weighted by atomic mass is 10.2. The molecule has 0 bridgehead atoms. The summed E-state index contributed by atoms with van der Waals surface area (Å²) in [5, 5.41) is 14.0. The van der Waals surface area contributed by atoms with Gasteiger partial charge in [0.05, 0.1) is 15.4 Å². The molecule has 0 unspecified atom stereocenters. The minimum Gasteiger partial charge on any atom is -0.352 e. The van der Waals surface area contributed by atoms with Crippen LogP contribution in [-0.2, 0) is 16.4 Å². The second kappa shape index (κ2) is 8.30. The highest BCUT2D eigenvalue weighted by Crippen LogP contribution is 2.23. The van der Waals surface area contributed by atoms with E-state index in [9.17, 15) is 18.5 Å². The molecule has 1 aromatic rings. The number of nitrogens with one attached hydrogen (secondary N) is 1. The molecule has 25 heavy (non-hydrogen) atoms. The summed E-state index contributed by atoms with van der Waals surface area (Å²) in [6.07, 6.45) is 0. The summed E-state index contributed by atoms with van der Waals surface area (Å²) in [5.41, 5.74) is 0.795. The molecule has 0 radical (unpaired) electrons. The first-order valence-corrected chi connectivity index (χ1v) is 9.23. The van der Waals surface area contributed by atoms with Crippen LogP contribution >= 0.6 is 24.0 Å². The largest absolute Gasteiger partial charge is 0.352 e. The Bertz CT molecular complexity index is 765. The summed E-state index contributed by atoms with van der Waals surface area (Å²) in [6, 6.07) is 6.37. The number of hydrogen-bond acceptors (Lipinski definition) is 5. The fourth-order valence-electron chi connectivity index (χ4n) is 2.62. The quantitative estimate of drug-likeness (QED) is 0.232. The maximum absolute atomic E-state index is 12.1. The van der Waals surface area contributed by atoms with Crippen LogP contribution in [0.3, 0.4) is 0 Å². The normalized spacial score (nSPS) is 19.0.